The highest BCUT2D eigenvalue weighted by atomic mass is 16.7. The van der Waals surface area contributed by atoms with Gasteiger partial charge >= 0.3 is 5.97 Å². The van der Waals surface area contributed by atoms with Crippen molar-refractivity contribution in [1.29, 1.82) is 0 Å². The molecular weight excluding hydrogens is 822 g/mol. The van der Waals surface area contributed by atoms with Crippen LogP contribution in [0.2, 0.25) is 0 Å². The van der Waals surface area contributed by atoms with E-state index in [1.54, 1.807) is 40.7 Å². The average molecular weight is 900 g/mol. The van der Waals surface area contributed by atoms with E-state index in [4.69, 9.17) is 42.6 Å². The van der Waals surface area contributed by atoms with Crippen LogP contribution in [0.1, 0.15) is 93.9 Å². The number of rotatable bonds is 13. The number of likely N-dealkylation sites (N-methyl/N-ethyl adjacent to an activating group) is 1. The maximum absolute atomic E-state index is 13.8. The van der Waals surface area contributed by atoms with Gasteiger partial charge < -0.3 is 72.8 Å². The van der Waals surface area contributed by atoms with Gasteiger partial charge in [-0.1, -0.05) is 38.5 Å². The Balaban J connectivity index is 1.59. The summed E-state index contributed by atoms with van der Waals surface area (Å²) < 4.78 is 55.1. The number of ether oxygens (including phenoxy) is 9. The third-order valence-electron chi connectivity index (χ3n) is 13.4. The highest BCUT2D eigenvalue weighted by Crippen LogP contribution is 2.37. The summed E-state index contributed by atoms with van der Waals surface area (Å²) in [5.74, 6) is -3.14. The predicted octanol–water partition coefficient (Wildman–Crippen LogP) is 2.86. The van der Waals surface area contributed by atoms with Crippen LogP contribution in [0.3, 0.4) is 0 Å². The predicted molar refractivity (Wildman–Crippen MR) is 229 cm³/mol. The SMILES string of the molecule is CC[C@H]1OC(=O)C[C@@H](O)[C@H](C)[C@@H](O[C@H]2C[C@@H](N(C)C)[C@H](O[C@H]3C[C@@](C)(O)[C@@H](O)[C@H](C)O3)[C@@H](C)O2)[C@@H](CC=O)C[C@@H](C)C(=O)/C=C/C(C)=C/[C@@H]1CO[C@@H]1O[C@H](C)[C@@H](O)[C@@H](OC)[C@H]1OC. The van der Waals surface area contributed by atoms with Gasteiger partial charge in [0.2, 0.25) is 0 Å². The minimum Gasteiger partial charge on any atom is -0.462 e. The molecule has 4 aliphatic rings. The van der Waals surface area contributed by atoms with E-state index in [1.807, 2.05) is 45.8 Å². The van der Waals surface area contributed by atoms with Crippen LogP contribution in [-0.4, -0.2) is 176 Å². The summed E-state index contributed by atoms with van der Waals surface area (Å²) >= 11 is 0. The Kier molecular flexibility index (Phi) is 20.3. The zero-order chi connectivity index (χ0) is 46.9. The Morgan fingerprint density at radius 1 is 0.873 bits per heavy atom. The van der Waals surface area contributed by atoms with Crippen molar-refractivity contribution in [1.82, 2.24) is 4.90 Å². The van der Waals surface area contributed by atoms with Crippen molar-refractivity contribution in [3.05, 3.63) is 23.8 Å². The number of ketones is 1. The van der Waals surface area contributed by atoms with Crippen molar-refractivity contribution in [2.45, 2.75) is 192 Å². The first-order valence-electron chi connectivity index (χ1n) is 22.6. The van der Waals surface area contributed by atoms with E-state index in [-0.39, 0.29) is 44.1 Å². The van der Waals surface area contributed by atoms with E-state index in [2.05, 4.69) is 0 Å². The van der Waals surface area contributed by atoms with E-state index in [0.29, 0.717) is 18.4 Å². The van der Waals surface area contributed by atoms with Crippen molar-refractivity contribution in [3.63, 3.8) is 0 Å². The number of hydrogen-bond donors (Lipinski definition) is 4. The molecule has 4 rings (SSSR count). The molecular formula is C46H77NO16. The zero-order valence-corrected chi connectivity index (χ0v) is 39.4. The van der Waals surface area contributed by atoms with Crippen LogP contribution in [0, 0.1) is 23.7 Å². The van der Waals surface area contributed by atoms with Gasteiger partial charge in [0, 0.05) is 57.3 Å². The Labute approximate surface area is 373 Å². The van der Waals surface area contributed by atoms with Gasteiger partial charge in [-0.3, -0.25) is 9.59 Å². The fourth-order valence-electron chi connectivity index (χ4n) is 9.43. The first-order chi connectivity index (χ1) is 29.6. The molecule has 63 heavy (non-hydrogen) atoms. The lowest BCUT2D eigenvalue weighted by atomic mass is 9.79. The summed E-state index contributed by atoms with van der Waals surface area (Å²) in [5.41, 5.74) is -0.707. The Morgan fingerprint density at radius 3 is 2.13 bits per heavy atom. The normalized spacial score (nSPS) is 45.3. The number of allylic oxidation sites excluding steroid dienone is 3. The molecule has 3 fully saturated rings. The molecule has 362 valence electrons. The molecule has 0 bridgehead atoms. The van der Waals surface area contributed by atoms with Crippen LogP contribution < -0.4 is 0 Å². The lowest BCUT2D eigenvalue weighted by Gasteiger charge is -2.48. The Hall–Kier alpha value is -2.23. The molecule has 4 aliphatic heterocycles. The number of hydrogen-bond acceptors (Lipinski definition) is 17. The van der Waals surface area contributed by atoms with Crippen molar-refractivity contribution >= 4 is 18.0 Å². The second kappa shape index (κ2) is 24.0. The third-order valence-corrected chi connectivity index (χ3v) is 13.4. The fourth-order valence-corrected chi connectivity index (χ4v) is 9.43. The number of aliphatic hydroxyl groups is 4. The van der Waals surface area contributed by atoms with Gasteiger partial charge in [-0.25, -0.2) is 0 Å². The number of carbonyl (C=O) groups excluding carboxylic acids is 3. The molecule has 17 heteroatoms. The molecule has 0 radical (unpaired) electrons. The molecule has 0 saturated carbocycles. The molecule has 0 aromatic rings. The lowest BCUT2D eigenvalue weighted by Crippen LogP contribution is -2.60. The Morgan fingerprint density at radius 2 is 1.52 bits per heavy atom. The summed E-state index contributed by atoms with van der Waals surface area (Å²) in [5, 5.41) is 43.8. The first-order valence-corrected chi connectivity index (χ1v) is 22.6. The second-order valence-corrected chi connectivity index (χ2v) is 18.6. The molecule has 0 amide bonds. The van der Waals surface area contributed by atoms with Crippen molar-refractivity contribution < 1.29 is 77.4 Å². The zero-order valence-electron chi connectivity index (χ0n) is 39.4. The average Bonchev–Trinajstić information content (AvgIpc) is 3.22. The number of carbonyl (C=O) groups is 3. The summed E-state index contributed by atoms with van der Waals surface area (Å²) in [6.07, 6.45) is -4.75. The molecule has 0 aromatic carbocycles. The van der Waals surface area contributed by atoms with Gasteiger partial charge in [-0.05, 0) is 73.5 Å². The molecule has 20 atom stereocenters. The second-order valence-electron chi connectivity index (χ2n) is 18.6. The topological polar surface area (TPSA) is 218 Å². The molecule has 0 aromatic heterocycles. The smallest absolute Gasteiger partial charge is 0.308 e. The van der Waals surface area contributed by atoms with Gasteiger partial charge in [-0.15, -0.1) is 0 Å². The summed E-state index contributed by atoms with van der Waals surface area (Å²) in [6.45, 7) is 14.0. The van der Waals surface area contributed by atoms with Gasteiger partial charge in [0.1, 0.15) is 42.9 Å². The number of cyclic esters (lactones) is 1. The van der Waals surface area contributed by atoms with E-state index in [9.17, 15) is 34.8 Å². The molecule has 0 unspecified atom stereocenters. The highest BCUT2D eigenvalue weighted by Gasteiger charge is 2.49. The Bertz CT molecular complexity index is 1520. The van der Waals surface area contributed by atoms with Crippen molar-refractivity contribution in [3.8, 4) is 0 Å². The summed E-state index contributed by atoms with van der Waals surface area (Å²) in [6, 6.07) is -0.272. The lowest BCUT2D eigenvalue weighted by molar-refractivity contribution is -0.322. The van der Waals surface area contributed by atoms with Crippen LogP contribution in [0.25, 0.3) is 0 Å². The van der Waals surface area contributed by atoms with E-state index in [0.717, 1.165) is 6.29 Å². The minimum atomic E-state index is -1.42. The molecule has 17 nitrogen and oxygen atoms in total. The van der Waals surface area contributed by atoms with Crippen LogP contribution in [-0.2, 0) is 57.0 Å². The summed E-state index contributed by atoms with van der Waals surface area (Å²) in [4.78, 5) is 41.7. The molecule has 0 spiro atoms. The largest absolute Gasteiger partial charge is 0.462 e. The highest BCUT2D eigenvalue weighted by molar-refractivity contribution is 5.91. The number of methoxy groups -OCH3 is 2. The van der Waals surface area contributed by atoms with E-state index in [1.165, 1.54) is 20.3 Å². The summed E-state index contributed by atoms with van der Waals surface area (Å²) in [7, 11) is 6.75. The van der Waals surface area contributed by atoms with Crippen LogP contribution in [0.4, 0.5) is 0 Å². The molecule has 3 saturated heterocycles. The maximum atomic E-state index is 13.8. The van der Waals surface area contributed by atoms with Gasteiger partial charge in [0.25, 0.3) is 0 Å². The van der Waals surface area contributed by atoms with Crippen molar-refractivity contribution in [2.24, 2.45) is 23.7 Å². The van der Waals surface area contributed by atoms with E-state index < -0.39 is 121 Å². The standard InChI is InChI=1S/C46H77NO16/c1-13-35-31(23-57-45-43(56-12)42(55-11)39(52)27(5)60-45)18-24(2)14-15-33(49)25(3)19-30(16-17-48)40(26(4)34(50)21-36(51)61-35)62-37-20-32(47(9)10)41(28(6)58-37)63-38-22-46(8,54)44(53)29(7)59-38/h14-15,17-18,25-32,34-35,37-45,50,52-54H,13,16,19-23H2,1-12H3/b15-14+,24-18+/t25-,26+,27-,28-,29+,30+,31-,32-,34-,35-,37+,38+,39-,40-,41-,42-,43-,44+,45-,46-/m1/s1. The monoisotopic (exact) mass is 900 g/mol. The quantitative estimate of drug-likeness (QED) is 0.154. The van der Waals surface area contributed by atoms with E-state index >= 15 is 0 Å². The third kappa shape index (κ3) is 13.9. The minimum absolute atomic E-state index is 0.0176. The molecule has 4 heterocycles. The van der Waals surface area contributed by atoms with Crippen molar-refractivity contribution in [2.75, 3.05) is 34.9 Å². The van der Waals surface area contributed by atoms with Crippen LogP contribution in [0.15, 0.2) is 23.8 Å². The molecule has 0 aliphatic carbocycles. The van der Waals surface area contributed by atoms with Gasteiger partial charge in [0.05, 0.1) is 49.1 Å². The van der Waals surface area contributed by atoms with Crippen LogP contribution in [0.5, 0.6) is 0 Å². The number of esters is 1. The first kappa shape index (κ1) is 53.4. The van der Waals surface area contributed by atoms with Gasteiger partial charge in [0.15, 0.2) is 24.7 Å². The number of aliphatic hydroxyl groups excluding tert-OH is 3. The number of nitrogens with zero attached hydrogens (tertiary/aromatic N) is 1. The molecule has 4 N–H and O–H groups in total. The number of aldehydes is 1. The maximum Gasteiger partial charge on any atom is 0.308 e. The van der Waals surface area contributed by atoms with Gasteiger partial charge in [-0.2, -0.15) is 0 Å². The van der Waals surface area contributed by atoms with Crippen LogP contribution >= 0.6 is 0 Å². The fraction of sp³-hybridized carbons (Fsp3) is 0.848.